The molecule has 1 aliphatic carbocycles. The number of nitrogens with one attached hydrogen (secondary N) is 1. The summed E-state index contributed by atoms with van der Waals surface area (Å²) in [6.45, 7) is 0. The van der Waals surface area contributed by atoms with E-state index >= 15 is 0 Å². The summed E-state index contributed by atoms with van der Waals surface area (Å²) in [4.78, 5) is 24.3. The van der Waals surface area contributed by atoms with Crippen LogP contribution < -0.4 is 5.32 Å². The van der Waals surface area contributed by atoms with Crippen LogP contribution in [0.3, 0.4) is 0 Å². The van der Waals surface area contributed by atoms with Gasteiger partial charge in [0.05, 0.1) is 10.5 Å². The molecule has 0 bridgehead atoms. The molecule has 8 nitrogen and oxygen atoms in total. The number of hydrogen-bond donors (Lipinski definition) is 1. The highest BCUT2D eigenvalue weighted by Gasteiger charge is 2.23. The number of amides is 1. The number of carbonyl (C=O) groups is 1. The van der Waals surface area contributed by atoms with Gasteiger partial charge in [0.15, 0.2) is 0 Å². The molecular weight excluding hydrogens is 508 g/mol. The third kappa shape index (κ3) is 4.58. The van der Waals surface area contributed by atoms with Gasteiger partial charge in [0.1, 0.15) is 34.2 Å². The number of halogens is 1. The van der Waals surface area contributed by atoms with E-state index in [4.69, 9.17) is 4.42 Å². The van der Waals surface area contributed by atoms with Gasteiger partial charge in [0.25, 0.3) is 11.6 Å². The molecule has 1 aromatic carbocycles. The smallest absolute Gasteiger partial charge is 0.270 e. The normalized spacial score (nSPS) is 13.0. The van der Waals surface area contributed by atoms with Crippen LogP contribution in [0, 0.1) is 32.8 Å². The Morgan fingerprint density at radius 1 is 1.24 bits per heavy atom. The maximum absolute atomic E-state index is 12.7. The summed E-state index contributed by atoms with van der Waals surface area (Å²) in [5, 5.41) is 33.2. The van der Waals surface area contributed by atoms with Crippen molar-refractivity contribution in [3.05, 3.63) is 72.3 Å². The number of aryl methyl sites for hydroxylation is 1. The first-order valence-electron chi connectivity index (χ1n) is 9.93. The second kappa shape index (κ2) is 9.41. The maximum Gasteiger partial charge on any atom is 0.270 e. The van der Waals surface area contributed by atoms with E-state index in [1.165, 1.54) is 29.5 Å². The number of nitro groups is 1. The van der Waals surface area contributed by atoms with E-state index in [0.29, 0.717) is 26.4 Å². The van der Waals surface area contributed by atoms with E-state index in [0.717, 1.165) is 36.1 Å². The van der Waals surface area contributed by atoms with Crippen molar-refractivity contribution in [1.29, 1.82) is 10.5 Å². The lowest BCUT2D eigenvalue weighted by atomic mass is 9.96. The zero-order chi connectivity index (χ0) is 23.5. The van der Waals surface area contributed by atoms with Gasteiger partial charge in [0, 0.05) is 33.1 Å². The monoisotopic (exact) mass is 522 g/mol. The standard InChI is InChI=1S/C23H15BrN4O4S/c24-19-10-14(28(30)31)5-7-17(19)20-8-6-15(32-20)9-13(11-25)22(29)27-23-18(12-26)16-3-1-2-4-21(16)33-23/h5-10H,1-4H2,(H,27,29)/b13-9-. The predicted octanol–water partition coefficient (Wildman–Crippen LogP) is 5.97. The average molecular weight is 523 g/mol. The molecule has 4 rings (SSSR count). The molecule has 2 heterocycles. The van der Waals surface area contributed by atoms with Gasteiger partial charge < -0.3 is 9.73 Å². The fourth-order valence-corrected chi connectivity index (χ4v) is 5.42. The van der Waals surface area contributed by atoms with Crippen LogP contribution in [-0.4, -0.2) is 10.8 Å². The fraction of sp³-hybridized carbons (Fsp3) is 0.174. The minimum absolute atomic E-state index is 0.0623. The van der Waals surface area contributed by atoms with E-state index < -0.39 is 10.8 Å². The second-order valence-corrected chi connectivity index (χ2v) is 9.23. The molecule has 0 radical (unpaired) electrons. The highest BCUT2D eigenvalue weighted by Crippen LogP contribution is 2.38. The SMILES string of the molecule is N#C/C(=C/c1ccc(-c2ccc([N+](=O)[O-])cc2Br)o1)C(=O)Nc1sc2c(c1C#N)CCCC2. The summed E-state index contributed by atoms with van der Waals surface area (Å²) in [7, 11) is 0. The lowest BCUT2D eigenvalue weighted by Crippen LogP contribution is -2.13. The number of thiophene rings is 1. The Labute approximate surface area is 201 Å². The molecule has 0 saturated heterocycles. The number of nitriles is 2. The lowest BCUT2D eigenvalue weighted by Gasteiger charge is -2.09. The molecule has 0 fully saturated rings. The van der Waals surface area contributed by atoms with Crippen LogP contribution in [0.2, 0.25) is 0 Å². The van der Waals surface area contributed by atoms with Gasteiger partial charge in [-0.2, -0.15) is 10.5 Å². The van der Waals surface area contributed by atoms with E-state index in [-0.39, 0.29) is 17.0 Å². The van der Waals surface area contributed by atoms with Crippen molar-refractivity contribution >= 4 is 49.9 Å². The maximum atomic E-state index is 12.7. The summed E-state index contributed by atoms with van der Waals surface area (Å²) in [6, 6.07) is 11.6. The number of nitrogens with zero attached hydrogens (tertiary/aromatic N) is 3. The van der Waals surface area contributed by atoms with Crippen molar-refractivity contribution in [2.45, 2.75) is 25.7 Å². The summed E-state index contributed by atoms with van der Waals surface area (Å²) in [6.07, 6.45) is 5.09. The van der Waals surface area contributed by atoms with Crippen LogP contribution in [0.4, 0.5) is 10.7 Å². The van der Waals surface area contributed by atoms with Gasteiger partial charge in [-0.3, -0.25) is 14.9 Å². The quantitative estimate of drug-likeness (QED) is 0.189. The van der Waals surface area contributed by atoms with Crippen molar-refractivity contribution in [3.8, 4) is 23.5 Å². The molecule has 1 N–H and O–H groups in total. The summed E-state index contributed by atoms with van der Waals surface area (Å²) in [5.74, 6) is 0.0633. The van der Waals surface area contributed by atoms with Crippen LogP contribution in [0.25, 0.3) is 17.4 Å². The summed E-state index contributed by atoms with van der Waals surface area (Å²) >= 11 is 4.69. The van der Waals surface area contributed by atoms with E-state index in [9.17, 15) is 25.4 Å². The third-order valence-electron chi connectivity index (χ3n) is 5.22. The number of carbonyl (C=O) groups excluding carboxylic acids is 1. The predicted molar refractivity (Wildman–Crippen MR) is 126 cm³/mol. The van der Waals surface area contributed by atoms with Gasteiger partial charge >= 0.3 is 0 Å². The highest BCUT2D eigenvalue weighted by atomic mass is 79.9. The molecule has 0 saturated carbocycles. The average Bonchev–Trinajstić information content (AvgIpc) is 3.40. The Morgan fingerprint density at radius 3 is 2.73 bits per heavy atom. The Bertz CT molecular complexity index is 1390. The molecule has 1 amide bonds. The minimum atomic E-state index is -0.623. The number of hydrogen-bond acceptors (Lipinski definition) is 7. The van der Waals surface area contributed by atoms with Crippen molar-refractivity contribution in [2.24, 2.45) is 0 Å². The van der Waals surface area contributed by atoms with Crippen LogP contribution in [0.5, 0.6) is 0 Å². The first kappa shape index (κ1) is 22.5. The zero-order valence-electron chi connectivity index (χ0n) is 17.1. The van der Waals surface area contributed by atoms with E-state index in [2.05, 4.69) is 27.3 Å². The Balaban J connectivity index is 1.57. The van der Waals surface area contributed by atoms with Crippen molar-refractivity contribution < 1.29 is 14.1 Å². The molecule has 1 aliphatic rings. The van der Waals surface area contributed by atoms with Crippen LogP contribution in [0.15, 0.2) is 44.8 Å². The minimum Gasteiger partial charge on any atom is -0.457 e. The van der Waals surface area contributed by atoms with Gasteiger partial charge in [-0.25, -0.2) is 0 Å². The van der Waals surface area contributed by atoms with E-state index in [1.807, 2.05) is 6.07 Å². The molecule has 0 unspecified atom stereocenters. The number of rotatable bonds is 5. The van der Waals surface area contributed by atoms with Crippen LogP contribution in [-0.2, 0) is 17.6 Å². The van der Waals surface area contributed by atoms with Gasteiger partial charge in [0.2, 0.25) is 0 Å². The van der Waals surface area contributed by atoms with Crippen LogP contribution in [0.1, 0.15) is 34.6 Å². The highest BCUT2D eigenvalue weighted by molar-refractivity contribution is 9.10. The van der Waals surface area contributed by atoms with Gasteiger partial charge in [-0.1, -0.05) is 0 Å². The molecule has 2 aromatic heterocycles. The largest absolute Gasteiger partial charge is 0.457 e. The Kier molecular flexibility index (Phi) is 6.40. The number of nitro benzene ring substituents is 1. The zero-order valence-corrected chi connectivity index (χ0v) is 19.5. The molecule has 0 spiro atoms. The third-order valence-corrected chi connectivity index (χ3v) is 7.08. The van der Waals surface area contributed by atoms with Crippen LogP contribution >= 0.6 is 27.3 Å². The second-order valence-electron chi connectivity index (χ2n) is 7.27. The molecule has 3 aromatic rings. The molecule has 0 aliphatic heterocycles. The fourth-order valence-electron chi connectivity index (χ4n) is 3.63. The summed E-state index contributed by atoms with van der Waals surface area (Å²) < 4.78 is 6.22. The van der Waals surface area contributed by atoms with Gasteiger partial charge in [-0.05, 0) is 65.4 Å². The summed E-state index contributed by atoms with van der Waals surface area (Å²) in [5.41, 5.74) is 1.83. The molecular formula is C23H15BrN4O4S. The number of fused-ring (bicyclic) bond motifs is 1. The molecule has 33 heavy (non-hydrogen) atoms. The lowest BCUT2D eigenvalue weighted by molar-refractivity contribution is -0.384. The number of furan rings is 1. The van der Waals surface area contributed by atoms with Crippen molar-refractivity contribution in [2.75, 3.05) is 5.32 Å². The molecule has 0 atom stereocenters. The topological polar surface area (TPSA) is 133 Å². The Hall–Kier alpha value is -3.73. The number of anilines is 1. The van der Waals surface area contributed by atoms with E-state index in [1.54, 1.807) is 18.2 Å². The van der Waals surface area contributed by atoms with Crippen molar-refractivity contribution in [1.82, 2.24) is 0 Å². The van der Waals surface area contributed by atoms with Crippen molar-refractivity contribution in [3.63, 3.8) is 0 Å². The molecule has 10 heteroatoms. The molecule has 164 valence electrons. The number of non-ortho nitro benzene ring substituents is 1. The number of benzene rings is 1. The Morgan fingerprint density at radius 2 is 2.03 bits per heavy atom. The first-order chi connectivity index (χ1) is 15.9. The van der Waals surface area contributed by atoms with Gasteiger partial charge in [-0.15, -0.1) is 11.3 Å². The first-order valence-corrected chi connectivity index (χ1v) is 11.5.